The summed E-state index contributed by atoms with van der Waals surface area (Å²) in [6.45, 7) is 5.40. The van der Waals surface area contributed by atoms with E-state index in [1.807, 2.05) is 30.9 Å². The van der Waals surface area contributed by atoms with Gasteiger partial charge in [-0.3, -0.25) is 0 Å². The molecule has 1 aromatic carbocycles. The molecular weight excluding hydrogens is 285 g/mol. The van der Waals surface area contributed by atoms with Crippen molar-refractivity contribution < 1.29 is 9.13 Å². The second kappa shape index (κ2) is 6.97. The van der Waals surface area contributed by atoms with Crippen molar-refractivity contribution in [1.29, 1.82) is 0 Å². The van der Waals surface area contributed by atoms with E-state index >= 15 is 0 Å². The largest absolute Gasteiger partial charge is 0.383 e. The number of hydrogen-bond donors (Lipinski definition) is 0. The van der Waals surface area contributed by atoms with Gasteiger partial charge in [0.25, 0.3) is 0 Å². The minimum Gasteiger partial charge on any atom is -0.383 e. The first kappa shape index (κ1) is 14.5. The standard InChI is InChI=1S/C13H19BrFNO/c1-4-16(10(2)9-17-3)13-6-5-11(8-14)7-12(13)15/h5-7,10H,4,8-9H2,1-3H3. The molecule has 17 heavy (non-hydrogen) atoms. The summed E-state index contributed by atoms with van der Waals surface area (Å²) < 4.78 is 19.1. The highest BCUT2D eigenvalue weighted by Crippen LogP contribution is 2.23. The highest BCUT2D eigenvalue weighted by molar-refractivity contribution is 9.08. The number of halogens is 2. The molecule has 0 spiro atoms. The first-order valence-electron chi connectivity index (χ1n) is 5.74. The molecule has 1 unspecified atom stereocenters. The van der Waals surface area contributed by atoms with Crippen LogP contribution in [0.3, 0.4) is 0 Å². The van der Waals surface area contributed by atoms with Crippen LogP contribution in [-0.2, 0) is 10.1 Å². The number of alkyl halides is 1. The second-order valence-corrected chi connectivity index (χ2v) is 4.57. The van der Waals surface area contributed by atoms with Crippen LogP contribution in [-0.4, -0.2) is 26.3 Å². The first-order valence-corrected chi connectivity index (χ1v) is 6.86. The fourth-order valence-corrected chi connectivity index (χ4v) is 2.27. The molecule has 0 aliphatic rings. The molecule has 0 fully saturated rings. The van der Waals surface area contributed by atoms with Crippen LogP contribution in [0.15, 0.2) is 18.2 Å². The number of rotatable bonds is 6. The highest BCUT2D eigenvalue weighted by atomic mass is 79.9. The summed E-state index contributed by atoms with van der Waals surface area (Å²) in [5.74, 6) is -0.174. The van der Waals surface area contributed by atoms with Gasteiger partial charge in [-0.15, -0.1) is 0 Å². The molecule has 0 aliphatic carbocycles. The van der Waals surface area contributed by atoms with Gasteiger partial charge < -0.3 is 9.64 Å². The Kier molecular flexibility index (Phi) is 5.92. The molecule has 0 aliphatic heterocycles. The van der Waals surface area contributed by atoms with E-state index in [2.05, 4.69) is 15.9 Å². The molecule has 1 rings (SSSR count). The molecule has 2 nitrogen and oxygen atoms in total. The number of likely N-dealkylation sites (N-methyl/N-ethyl adjacent to an activating group) is 1. The third kappa shape index (κ3) is 3.68. The molecule has 0 amide bonds. The van der Waals surface area contributed by atoms with E-state index in [1.165, 1.54) is 0 Å². The lowest BCUT2D eigenvalue weighted by Crippen LogP contribution is -2.36. The summed E-state index contributed by atoms with van der Waals surface area (Å²) in [6, 6.07) is 5.51. The summed E-state index contributed by atoms with van der Waals surface area (Å²) in [7, 11) is 1.66. The third-order valence-corrected chi connectivity index (χ3v) is 3.40. The summed E-state index contributed by atoms with van der Waals surface area (Å²) in [6.07, 6.45) is 0. The number of ether oxygens (including phenoxy) is 1. The van der Waals surface area contributed by atoms with Gasteiger partial charge in [-0.1, -0.05) is 22.0 Å². The van der Waals surface area contributed by atoms with Crippen LogP contribution in [0.2, 0.25) is 0 Å². The summed E-state index contributed by atoms with van der Waals surface area (Å²) in [4.78, 5) is 2.01. The topological polar surface area (TPSA) is 12.5 Å². The Labute approximate surface area is 111 Å². The molecular formula is C13H19BrFNO. The predicted octanol–water partition coefficient (Wildman–Crippen LogP) is 3.58. The minimum absolute atomic E-state index is 0.161. The maximum atomic E-state index is 14.0. The Morgan fingerprint density at radius 2 is 2.18 bits per heavy atom. The van der Waals surface area contributed by atoms with Crippen molar-refractivity contribution in [1.82, 2.24) is 0 Å². The lowest BCUT2D eigenvalue weighted by Gasteiger charge is -2.30. The molecule has 1 aromatic rings. The van der Waals surface area contributed by atoms with Gasteiger partial charge >= 0.3 is 0 Å². The van der Waals surface area contributed by atoms with Gasteiger partial charge in [0, 0.05) is 25.0 Å². The Hall–Kier alpha value is -0.610. The third-order valence-electron chi connectivity index (χ3n) is 2.76. The summed E-state index contributed by atoms with van der Waals surface area (Å²) >= 11 is 3.32. The maximum Gasteiger partial charge on any atom is 0.146 e. The monoisotopic (exact) mass is 303 g/mol. The normalized spacial score (nSPS) is 12.5. The Bertz CT molecular complexity index is 359. The van der Waals surface area contributed by atoms with E-state index < -0.39 is 0 Å². The van der Waals surface area contributed by atoms with Crippen LogP contribution in [0.1, 0.15) is 19.4 Å². The average Bonchev–Trinajstić information content (AvgIpc) is 2.32. The quantitative estimate of drug-likeness (QED) is 0.745. The van der Waals surface area contributed by atoms with Crippen LogP contribution < -0.4 is 4.90 Å². The smallest absolute Gasteiger partial charge is 0.146 e. The van der Waals surface area contributed by atoms with Gasteiger partial charge in [0.05, 0.1) is 12.3 Å². The van der Waals surface area contributed by atoms with E-state index in [4.69, 9.17) is 4.74 Å². The van der Waals surface area contributed by atoms with E-state index in [-0.39, 0.29) is 11.9 Å². The van der Waals surface area contributed by atoms with E-state index in [1.54, 1.807) is 13.2 Å². The fraction of sp³-hybridized carbons (Fsp3) is 0.538. The molecule has 0 bridgehead atoms. The average molecular weight is 304 g/mol. The maximum absolute atomic E-state index is 14.0. The van der Waals surface area contributed by atoms with E-state index in [0.29, 0.717) is 17.6 Å². The predicted molar refractivity (Wildman–Crippen MR) is 73.4 cm³/mol. The fourth-order valence-electron chi connectivity index (χ4n) is 1.92. The van der Waals surface area contributed by atoms with Gasteiger partial charge in [0.1, 0.15) is 5.82 Å². The van der Waals surface area contributed by atoms with Crippen molar-refractivity contribution >= 4 is 21.6 Å². The number of hydrogen-bond acceptors (Lipinski definition) is 2. The molecule has 96 valence electrons. The van der Waals surface area contributed by atoms with Crippen LogP contribution in [0.25, 0.3) is 0 Å². The Balaban J connectivity index is 2.95. The summed E-state index contributed by atoms with van der Waals surface area (Å²) in [5.41, 5.74) is 1.59. The van der Waals surface area contributed by atoms with Gasteiger partial charge in [0.2, 0.25) is 0 Å². The van der Waals surface area contributed by atoms with E-state index in [9.17, 15) is 4.39 Å². The summed E-state index contributed by atoms with van der Waals surface area (Å²) in [5, 5.41) is 0.671. The zero-order chi connectivity index (χ0) is 12.8. The van der Waals surface area contributed by atoms with Crippen LogP contribution in [0, 0.1) is 5.82 Å². The van der Waals surface area contributed by atoms with Gasteiger partial charge in [-0.05, 0) is 31.5 Å². The SMILES string of the molecule is CCN(c1ccc(CBr)cc1F)C(C)COC. The van der Waals surface area contributed by atoms with Crippen molar-refractivity contribution in [3.8, 4) is 0 Å². The van der Waals surface area contributed by atoms with Crippen LogP contribution in [0.5, 0.6) is 0 Å². The highest BCUT2D eigenvalue weighted by Gasteiger charge is 2.16. The minimum atomic E-state index is -0.174. The molecule has 0 aromatic heterocycles. The van der Waals surface area contributed by atoms with Gasteiger partial charge in [-0.25, -0.2) is 4.39 Å². The van der Waals surface area contributed by atoms with Gasteiger partial charge in [0.15, 0.2) is 0 Å². The van der Waals surface area contributed by atoms with Crippen molar-refractivity contribution in [3.63, 3.8) is 0 Å². The number of nitrogens with zero attached hydrogens (tertiary/aromatic N) is 1. The number of anilines is 1. The van der Waals surface area contributed by atoms with E-state index in [0.717, 1.165) is 12.1 Å². The molecule has 0 N–H and O–H groups in total. The molecule has 1 atom stereocenters. The van der Waals surface area contributed by atoms with Crippen molar-refractivity contribution in [2.75, 3.05) is 25.2 Å². The Morgan fingerprint density at radius 3 is 2.65 bits per heavy atom. The zero-order valence-electron chi connectivity index (χ0n) is 10.5. The van der Waals surface area contributed by atoms with Crippen LogP contribution >= 0.6 is 15.9 Å². The second-order valence-electron chi connectivity index (χ2n) is 4.01. The number of methoxy groups -OCH3 is 1. The van der Waals surface area contributed by atoms with Crippen molar-refractivity contribution in [2.24, 2.45) is 0 Å². The zero-order valence-corrected chi connectivity index (χ0v) is 12.1. The van der Waals surface area contributed by atoms with Crippen molar-refractivity contribution in [3.05, 3.63) is 29.6 Å². The molecule has 0 heterocycles. The van der Waals surface area contributed by atoms with Gasteiger partial charge in [-0.2, -0.15) is 0 Å². The molecule has 0 saturated carbocycles. The molecule has 0 saturated heterocycles. The number of benzene rings is 1. The molecule has 4 heteroatoms. The van der Waals surface area contributed by atoms with Crippen LogP contribution in [0.4, 0.5) is 10.1 Å². The lowest BCUT2D eigenvalue weighted by atomic mass is 10.1. The first-order chi connectivity index (χ1) is 8.13. The van der Waals surface area contributed by atoms with Crippen molar-refractivity contribution in [2.45, 2.75) is 25.2 Å². The molecule has 0 radical (unpaired) electrons. The Morgan fingerprint density at radius 1 is 1.47 bits per heavy atom. The lowest BCUT2D eigenvalue weighted by molar-refractivity contribution is 0.181.